The summed E-state index contributed by atoms with van der Waals surface area (Å²) in [6, 6.07) is 0. The van der Waals surface area contributed by atoms with Crippen LogP contribution in [0.15, 0.2) is 0 Å². The third-order valence-electron chi connectivity index (χ3n) is 1.44. The summed E-state index contributed by atoms with van der Waals surface area (Å²) >= 11 is 0. The zero-order valence-corrected chi connectivity index (χ0v) is 16.4. The van der Waals surface area contributed by atoms with E-state index in [1.807, 2.05) is 0 Å². The maximum absolute atomic E-state index is 10.4. The first kappa shape index (κ1) is 26.6. The molecule has 0 radical (unpaired) electrons. The second kappa shape index (κ2) is 11.0. The molecule has 3 unspecified atom stereocenters. The molecule has 0 fully saturated rings. The van der Waals surface area contributed by atoms with Gasteiger partial charge in [0.15, 0.2) is 0 Å². The zero-order chi connectivity index (χ0) is 10.8. The van der Waals surface area contributed by atoms with E-state index < -0.39 is 31.1 Å². The normalized spacial score (nSPS) is 16.2. The van der Waals surface area contributed by atoms with Crippen molar-refractivity contribution in [1.29, 1.82) is 0 Å². The molecule has 76 valence electrons. The van der Waals surface area contributed by atoms with Gasteiger partial charge in [-0.3, -0.25) is 0 Å². The van der Waals surface area contributed by atoms with Crippen molar-refractivity contribution in [2.45, 2.75) is 12.6 Å². The Labute approximate surface area is 158 Å². The van der Waals surface area contributed by atoms with E-state index in [9.17, 15) is 29.3 Å². The molecule has 0 bridgehead atoms. The van der Waals surface area contributed by atoms with Crippen molar-refractivity contribution in [2.24, 2.45) is 5.92 Å². The quantitative estimate of drug-likeness (QED) is 0.397. The Kier molecular flexibility index (Phi) is 18.2. The van der Waals surface area contributed by atoms with Crippen LogP contribution in [-0.2, 0) is 14.2 Å². The second-order valence-electron chi connectivity index (χ2n) is 2.44. The largest absolute Gasteiger partial charge is 1.00 e. The fraction of sp³-hybridized carbons (Fsp3) is 0.600. The van der Waals surface area contributed by atoms with Crippen LogP contribution in [0.4, 0.5) is 0 Å². The summed E-state index contributed by atoms with van der Waals surface area (Å²) in [5.74, 6) is -5.92. The van der Waals surface area contributed by atoms with Crippen molar-refractivity contribution in [3.05, 3.63) is 0 Å². The second-order valence-corrected chi connectivity index (χ2v) is 4.12. The van der Waals surface area contributed by atoms with Crippen LogP contribution >= 0.6 is 7.60 Å². The van der Waals surface area contributed by atoms with Crippen molar-refractivity contribution in [3.63, 3.8) is 0 Å². The van der Waals surface area contributed by atoms with Gasteiger partial charge in [-0.15, -0.1) is 0 Å². The minimum atomic E-state index is -5.27. The van der Waals surface area contributed by atoms with E-state index in [2.05, 4.69) is 0 Å². The smallest absolute Gasteiger partial charge is 0.778 e. The molecule has 3 atom stereocenters. The number of hydrogen-bond acceptors (Lipinski definition) is 6. The molecule has 0 aliphatic carbocycles. The molecule has 0 spiro atoms. The Balaban J connectivity index is -0.000000240. The minimum absolute atomic E-state index is 0. The number of rotatable bonds is 4. The Morgan fingerprint density at radius 1 is 1.12 bits per heavy atom. The summed E-state index contributed by atoms with van der Waals surface area (Å²) in [5, 5.41) is 20.3. The molecule has 0 aliphatic rings. The maximum Gasteiger partial charge on any atom is 1.00 e. The topological polar surface area (TPSA) is 141 Å². The molecule has 7 nitrogen and oxygen atoms in total. The van der Waals surface area contributed by atoms with Crippen LogP contribution < -0.4 is 104 Å². The van der Waals surface area contributed by atoms with Gasteiger partial charge in [-0.25, -0.2) is 0 Å². The van der Waals surface area contributed by atoms with Crippen LogP contribution in [0.2, 0.25) is 0 Å². The third-order valence-corrected chi connectivity index (χ3v) is 2.80. The number of aliphatic carboxylic acids is 2. The molecule has 0 aromatic carbocycles. The van der Waals surface area contributed by atoms with E-state index in [1.165, 1.54) is 0 Å². The van der Waals surface area contributed by atoms with Gasteiger partial charge < -0.3 is 34.2 Å². The molecule has 0 aliphatic heterocycles. The van der Waals surface area contributed by atoms with Crippen LogP contribution in [0.1, 0.15) is 6.92 Å². The van der Waals surface area contributed by atoms with E-state index in [4.69, 9.17) is 4.89 Å². The van der Waals surface area contributed by atoms with Crippen LogP contribution in [0.25, 0.3) is 0 Å². The molecular formula is C5H6Na3O7P. The molecule has 0 aromatic heterocycles. The Bertz CT molecular complexity index is 277. The molecule has 1 N–H and O–H groups in total. The van der Waals surface area contributed by atoms with Gasteiger partial charge in [0.05, 0.1) is 11.6 Å². The molecule has 0 saturated carbocycles. The summed E-state index contributed by atoms with van der Waals surface area (Å²) in [5.41, 5.74) is -2.47. The molecular weight excluding hydrogens is 272 g/mol. The Hall–Kier alpha value is 2.09. The summed E-state index contributed by atoms with van der Waals surface area (Å²) in [4.78, 5) is 39.0. The van der Waals surface area contributed by atoms with Gasteiger partial charge in [-0.1, -0.05) is 6.92 Å². The van der Waals surface area contributed by atoms with Crippen molar-refractivity contribution in [2.75, 3.05) is 0 Å². The fourth-order valence-corrected chi connectivity index (χ4v) is 1.70. The zero-order valence-electron chi connectivity index (χ0n) is 9.50. The van der Waals surface area contributed by atoms with E-state index >= 15 is 0 Å². The van der Waals surface area contributed by atoms with Crippen molar-refractivity contribution in [1.82, 2.24) is 0 Å². The molecule has 0 aromatic rings. The van der Waals surface area contributed by atoms with Crippen LogP contribution in [-0.4, -0.2) is 22.5 Å². The van der Waals surface area contributed by atoms with Crippen LogP contribution in [0.5, 0.6) is 0 Å². The van der Waals surface area contributed by atoms with Gasteiger partial charge in [0.1, 0.15) is 7.60 Å². The molecule has 16 heavy (non-hydrogen) atoms. The van der Waals surface area contributed by atoms with E-state index in [1.54, 1.807) is 0 Å². The number of hydrogen-bond donors (Lipinski definition) is 1. The van der Waals surface area contributed by atoms with E-state index in [0.717, 1.165) is 6.92 Å². The molecule has 0 heterocycles. The van der Waals surface area contributed by atoms with Gasteiger partial charge in [0.25, 0.3) is 0 Å². The summed E-state index contributed by atoms with van der Waals surface area (Å²) < 4.78 is 10.4. The molecule has 11 heteroatoms. The number of carbonyl (C=O) groups is 2. The average Bonchev–Trinajstić information content (AvgIpc) is 1.82. The summed E-state index contributed by atoms with van der Waals surface area (Å²) in [6.07, 6.45) is 0. The van der Waals surface area contributed by atoms with Gasteiger partial charge in [-0.2, -0.15) is 0 Å². The van der Waals surface area contributed by atoms with Crippen LogP contribution in [0.3, 0.4) is 0 Å². The van der Waals surface area contributed by atoms with Crippen molar-refractivity contribution in [3.8, 4) is 0 Å². The van der Waals surface area contributed by atoms with Gasteiger partial charge in [0.2, 0.25) is 0 Å². The van der Waals surface area contributed by atoms with E-state index in [-0.39, 0.29) is 88.7 Å². The monoisotopic (exact) mass is 278 g/mol. The third kappa shape index (κ3) is 9.08. The number of carbonyl (C=O) groups excluding carboxylic acids is 2. The Morgan fingerprint density at radius 3 is 1.50 bits per heavy atom. The summed E-state index contributed by atoms with van der Waals surface area (Å²) in [6.45, 7) is 0.788. The van der Waals surface area contributed by atoms with Gasteiger partial charge in [-0.05, 0) is 0 Å². The Morgan fingerprint density at radius 2 is 1.44 bits per heavy atom. The number of carboxylic acid groups (broad SMARTS) is 2. The number of carboxylic acids is 2. The molecule has 0 amide bonds. The SMILES string of the molecule is CC(C(=O)[O-])C(C(=O)[O-])P(=O)([O-])O.[Na+].[Na+].[Na+]. The predicted molar refractivity (Wildman–Crippen MR) is 32.8 cm³/mol. The van der Waals surface area contributed by atoms with Gasteiger partial charge >= 0.3 is 88.7 Å². The van der Waals surface area contributed by atoms with E-state index in [0.29, 0.717) is 0 Å². The first-order chi connectivity index (χ1) is 5.68. The first-order valence-electron chi connectivity index (χ1n) is 3.13. The average molecular weight is 278 g/mol. The van der Waals surface area contributed by atoms with Crippen molar-refractivity contribution < 1.29 is 123 Å². The summed E-state index contributed by atoms with van der Waals surface area (Å²) in [7, 11) is -5.27. The molecule has 0 rings (SSSR count). The maximum atomic E-state index is 10.4. The standard InChI is InChI=1S/C5H9O7P.3Na/c1-2(4(6)7)3(5(8)9)13(10,11)12;;;/h2-3H,1H3,(H,6,7)(H,8,9)(H2,10,11,12);;;/q;3*+1/p-3. The van der Waals surface area contributed by atoms with Crippen molar-refractivity contribution >= 4 is 19.5 Å². The van der Waals surface area contributed by atoms with Crippen LogP contribution in [0, 0.1) is 5.92 Å². The fourth-order valence-electron chi connectivity index (χ4n) is 0.749. The predicted octanol–water partition coefficient (Wildman–Crippen LogP) is -13.0. The molecule has 0 saturated heterocycles. The first-order valence-corrected chi connectivity index (χ1v) is 4.77. The van der Waals surface area contributed by atoms with Gasteiger partial charge in [0, 0.05) is 11.9 Å². The minimum Gasteiger partial charge on any atom is -0.778 e.